The van der Waals surface area contributed by atoms with Gasteiger partial charge in [-0.3, -0.25) is 4.79 Å². The molecule has 3 heteroatoms. The average Bonchev–Trinajstić information content (AvgIpc) is 3.00. The molecule has 3 aliphatic carbocycles. The maximum Gasteiger partial charge on any atom is 0.146 e. The van der Waals surface area contributed by atoms with E-state index < -0.39 is 0 Å². The molecule has 0 amide bonds. The molecule has 146 valence electrons. The molecule has 2 fully saturated rings. The van der Waals surface area contributed by atoms with Gasteiger partial charge in [-0.2, -0.15) is 5.26 Å². The van der Waals surface area contributed by atoms with Crippen molar-refractivity contribution in [3.8, 4) is 11.8 Å². The Morgan fingerprint density at radius 1 is 1.21 bits per heavy atom. The molecule has 29 heavy (non-hydrogen) atoms. The number of carbonyl (C=O) groups excluding carboxylic acids is 1. The fraction of sp³-hybridized carbons (Fsp3) is 0.385. The summed E-state index contributed by atoms with van der Waals surface area (Å²) in [5.74, 6) is 1.78. The van der Waals surface area contributed by atoms with Crippen molar-refractivity contribution in [2.45, 2.75) is 44.4 Å². The molecule has 0 spiro atoms. The number of phenols is 1. The van der Waals surface area contributed by atoms with Crippen LogP contribution in [0.15, 0.2) is 49.0 Å². The molecule has 2 saturated carbocycles. The number of Topliss-reactive ketones (excluding diaryl/α,β-unsaturated/α-hetero) is 1. The summed E-state index contributed by atoms with van der Waals surface area (Å²) in [6, 6.07) is 15.4. The summed E-state index contributed by atoms with van der Waals surface area (Å²) >= 11 is 0. The molecular formula is C26H25NO2. The summed E-state index contributed by atoms with van der Waals surface area (Å²) in [5.41, 5.74) is 4.86. The minimum Gasteiger partial charge on any atom is -0.508 e. The van der Waals surface area contributed by atoms with E-state index >= 15 is 0 Å². The Morgan fingerprint density at radius 3 is 2.69 bits per heavy atom. The first-order valence-electron chi connectivity index (χ1n) is 10.5. The molecule has 0 radical (unpaired) electrons. The molecule has 2 aromatic rings. The lowest BCUT2D eigenvalue weighted by atomic mass is 9.55. The number of benzene rings is 2. The average molecular weight is 383 g/mol. The van der Waals surface area contributed by atoms with Crippen molar-refractivity contribution in [2.24, 2.45) is 17.3 Å². The van der Waals surface area contributed by atoms with Gasteiger partial charge in [-0.15, -0.1) is 0 Å². The lowest BCUT2D eigenvalue weighted by Gasteiger charge is -2.48. The monoisotopic (exact) mass is 383 g/mol. The predicted octanol–water partition coefficient (Wildman–Crippen LogP) is 5.55. The lowest BCUT2D eigenvalue weighted by Crippen LogP contribution is -2.42. The van der Waals surface area contributed by atoms with Crippen molar-refractivity contribution in [3.05, 3.63) is 71.3 Å². The van der Waals surface area contributed by atoms with Crippen molar-refractivity contribution < 1.29 is 9.90 Å². The second-order valence-electron chi connectivity index (χ2n) is 9.30. The van der Waals surface area contributed by atoms with Gasteiger partial charge in [0.2, 0.25) is 0 Å². The van der Waals surface area contributed by atoms with Crippen molar-refractivity contribution >= 4 is 11.4 Å². The Bertz CT molecular complexity index is 1060. The van der Waals surface area contributed by atoms with Gasteiger partial charge in [0.1, 0.15) is 11.5 Å². The van der Waals surface area contributed by atoms with E-state index in [4.69, 9.17) is 5.26 Å². The standard InChI is InChI=1S/C26H25NO2/c1-15-11-23-20(19-8-7-18(28)12-21(15)19)9-10-26(2)24(23)13-22(25(26)29)17-5-3-16(14-27)4-6-17/h3-8,12,20,22-24,28H,1,9-11,13H2,2H3/t20-,22?,23-,24+,26+/m1/s1. The second kappa shape index (κ2) is 6.32. The van der Waals surface area contributed by atoms with Gasteiger partial charge in [-0.25, -0.2) is 0 Å². The number of phenolic OH excluding ortho intramolecular Hbond substituents is 1. The zero-order chi connectivity index (χ0) is 20.3. The van der Waals surface area contributed by atoms with Crippen LogP contribution in [0.3, 0.4) is 0 Å². The van der Waals surface area contributed by atoms with Crippen molar-refractivity contribution in [2.75, 3.05) is 0 Å². The number of rotatable bonds is 1. The predicted molar refractivity (Wildman–Crippen MR) is 112 cm³/mol. The summed E-state index contributed by atoms with van der Waals surface area (Å²) in [4.78, 5) is 13.5. The minimum absolute atomic E-state index is 0.0778. The van der Waals surface area contributed by atoms with Crippen molar-refractivity contribution in [3.63, 3.8) is 0 Å². The van der Waals surface area contributed by atoms with Crippen LogP contribution in [0.5, 0.6) is 5.75 Å². The van der Waals surface area contributed by atoms with Gasteiger partial charge >= 0.3 is 0 Å². The number of fused-ring (bicyclic) bond motifs is 5. The zero-order valence-electron chi connectivity index (χ0n) is 16.7. The van der Waals surface area contributed by atoms with Gasteiger partial charge < -0.3 is 5.11 Å². The number of allylic oxidation sites excluding steroid dienone is 1. The number of hydrogen-bond donors (Lipinski definition) is 1. The normalized spacial score (nSPS) is 32.8. The lowest BCUT2D eigenvalue weighted by molar-refractivity contribution is -0.130. The number of carbonyl (C=O) groups is 1. The molecule has 5 atom stereocenters. The Kier molecular flexibility index (Phi) is 3.96. The van der Waals surface area contributed by atoms with Crippen molar-refractivity contribution in [1.82, 2.24) is 0 Å². The maximum atomic E-state index is 13.5. The number of nitriles is 1. The Labute approximate surface area is 171 Å². The molecule has 1 N–H and O–H groups in total. The van der Waals surface area contributed by atoms with E-state index in [2.05, 4.69) is 25.6 Å². The molecule has 0 saturated heterocycles. The van der Waals surface area contributed by atoms with Gasteiger partial charge in [0.15, 0.2) is 0 Å². The van der Waals surface area contributed by atoms with Crippen LogP contribution < -0.4 is 0 Å². The third-order valence-corrected chi connectivity index (χ3v) is 7.94. The highest BCUT2D eigenvalue weighted by Gasteiger charge is 2.58. The second-order valence-corrected chi connectivity index (χ2v) is 9.30. The zero-order valence-corrected chi connectivity index (χ0v) is 16.7. The van der Waals surface area contributed by atoms with E-state index in [-0.39, 0.29) is 11.3 Å². The molecule has 0 heterocycles. The quantitative estimate of drug-likeness (QED) is 0.702. The Hall–Kier alpha value is -2.86. The van der Waals surface area contributed by atoms with E-state index in [0.29, 0.717) is 34.8 Å². The molecular weight excluding hydrogens is 358 g/mol. The summed E-state index contributed by atoms with van der Waals surface area (Å²) in [6.07, 6.45) is 3.70. The first-order chi connectivity index (χ1) is 13.9. The SMILES string of the molecule is C=C1C[C@@H]2[C@H](CC[C@]3(C)C(=O)C(c4ccc(C#N)cc4)C[C@@H]23)c2ccc(O)cc21. The molecule has 3 nitrogen and oxygen atoms in total. The molecule has 0 aromatic heterocycles. The third-order valence-electron chi connectivity index (χ3n) is 7.94. The van der Waals surface area contributed by atoms with E-state index in [0.717, 1.165) is 42.4 Å². The fourth-order valence-electron chi connectivity index (χ4n) is 6.42. The topological polar surface area (TPSA) is 61.1 Å². The van der Waals surface area contributed by atoms with E-state index in [9.17, 15) is 9.90 Å². The molecule has 1 unspecified atom stereocenters. The van der Waals surface area contributed by atoms with Gasteiger partial charge in [0, 0.05) is 11.3 Å². The highest BCUT2D eigenvalue weighted by molar-refractivity contribution is 5.93. The summed E-state index contributed by atoms with van der Waals surface area (Å²) in [6.45, 7) is 6.49. The van der Waals surface area contributed by atoms with E-state index in [1.165, 1.54) is 5.56 Å². The van der Waals surface area contributed by atoms with Crippen LogP contribution in [0.2, 0.25) is 0 Å². The van der Waals surface area contributed by atoms with E-state index in [1.54, 1.807) is 6.07 Å². The van der Waals surface area contributed by atoms with Crippen molar-refractivity contribution in [1.29, 1.82) is 5.26 Å². The van der Waals surface area contributed by atoms with Crippen LogP contribution in [-0.4, -0.2) is 10.9 Å². The molecule has 5 rings (SSSR count). The third kappa shape index (κ3) is 2.59. The Morgan fingerprint density at radius 2 is 1.97 bits per heavy atom. The molecule has 0 bridgehead atoms. The smallest absolute Gasteiger partial charge is 0.146 e. The summed E-state index contributed by atoms with van der Waals surface area (Å²) in [5, 5.41) is 19.0. The van der Waals surface area contributed by atoms with Crippen LogP contribution in [0.25, 0.3) is 5.57 Å². The van der Waals surface area contributed by atoms with Crippen LogP contribution in [0, 0.1) is 28.6 Å². The highest BCUT2D eigenvalue weighted by Crippen LogP contribution is 2.63. The number of hydrogen-bond acceptors (Lipinski definition) is 3. The number of nitrogens with zero attached hydrogens (tertiary/aromatic N) is 1. The van der Waals surface area contributed by atoms with E-state index in [1.807, 2.05) is 30.3 Å². The Balaban J connectivity index is 1.51. The van der Waals surface area contributed by atoms with Gasteiger partial charge in [-0.1, -0.05) is 31.7 Å². The van der Waals surface area contributed by atoms with Crippen LogP contribution in [0.1, 0.15) is 66.7 Å². The number of aromatic hydroxyl groups is 1. The largest absolute Gasteiger partial charge is 0.508 e. The summed E-state index contributed by atoms with van der Waals surface area (Å²) < 4.78 is 0. The van der Waals surface area contributed by atoms with Gasteiger partial charge in [0.25, 0.3) is 0 Å². The molecule has 3 aliphatic rings. The highest BCUT2D eigenvalue weighted by atomic mass is 16.3. The van der Waals surface area contributed by atoms with Crippen LogP contribution in [-0.2, 0) is 4.79 Å². The van der Waals surface area contributed by atoms with Gasteiger partial charge in [-0.05, 0) is 90.0 Å². The maximum absolute atomic E-state index is 13.5. The number of ketones is 1. The summed E-state index contributed by atoms with van der Waals surface area (Å²) in [7, 11) is 0. The first-order valence-corrected chi connectivity index (χ1v) is 10.5. The van der Waals surface area contributed by atoms with Crippen LogP contribution in [0.4, 0.5) is 0 Å². The van der Waals surface area contributed by atoms with Gasteiger partial charge in [0.05, 0.1) is 11.6 Å². The first kappa shape index (κ1) is 18.2. The molecule has 2 aromatic carbocycles. The minimum atomic E-state index is -0.283. The molecule has 0 aliphatic heterocycles. The van der Waals surface area contributed by atoms with Crippen LogP contribution >= 0.6 is 0 Å². The fourth-order valence-corrected chi connectivity index (χ4v) is 6.42.